The lowest BCUT2D eigenvalue weighted by atomic mass is 10.1. The molecule has 4 nitrogen and oxygen atoms in total. The maximum atomic E-state index is 6.08. The average Bonchev–Trinajstić information content (AvgIpc) is 2.77. The number of rotatable bonds is 3. The van der Waals surface area contributed by atoms with E-state index in [1.807, 2.05) is 13.0 Å². The Morgan fingerprint density at radius 2 is 2.18 bits per heavy atom. The Labute approximate surface area is 106 Å². The van der Waals surface area contributed by atoms with Gasteiger partial charge in [0.25, 0.3) is 0 Å². The predicted octanol–water partition coefficient (Wildman–Crippen LogP) is 2.83. The van der Waals surface area contributed by atoms with Crippen LogP contribution in [0.1, 0.15) is 36.2 Å². The van der Waals surface area contributed by atoms with Crippen molar-refractivity contribution in [1.82, 2.24) is 20.2 Å². The van der Waals surface area contributed by atoms with Crippen LogP contribution in [-0.2, 0) is 6.42 Å². The summed E-state index contributed by atoms with van der Waals surface area (Å²) in [4.78, 5) is 0. The SMILES string of the molecule is CCc1cccc(C)c1-n1nnnc1C(C)Cl. The number of aromatic nitrogens is 4. The Hall–Kier alpha value is -1.42. The number of para-hydroxylation sites is 1. The number of tetrazole rings is 1. The van der Waals surface area contributed by atoms with Gasteiger partial charge in [-0.15, -0.1) is 16.7 Å². The van der Waals surface area contributed by atoms with Crippen LogP contribution in [0, 0.1) is 6.92 Å². The quantitative estimate of drug-likeness (QED) is 0.787. The summed E-state index contributed by atoms with van der Waals surface area (Å²) in [5.41, 5.74) is 3.41. The van der Waals surface area contributed by atoms with Crippen molar-refractivity contribution < 1.29 is 0 Å². The molecule has 0 saturated carbocycles. The summed E-state index contributed by atoms with van der Waals surface area (Å²) in [6.07, 6.45) is 0.937. The van der Waals surface area contributed by atoms with Crippen LogP contribution in [0.3, 0.4) is 0 Å². The Kier molecular flexibility index (Phi) is 3.43. The molecule has 0 aliphatic heterocycles. The number of aryl methyl sites for hydroxylation is 2. The zero-order valence-electron chi connectivity index (χ0n) is 10.2. The van der Waals surface area contributed by atoms with Crippen LogP contribution < -0.4 is 0 Å². The monoisotopic (exact) mass is 250 g/mol. The highest BCUT2D eigenvalue weighted by Crippen LogP contribution is 2.24. The normalized spacial score (nSPS) is 12.7. The van der Waals surface area contributed by atoms with Crippen molar-refractivity contribution in [2.24, 2.45) is 0 Å². The molecule has 1 aromatic carbocycles. The molecule has 90 valence electrons. The van der Waals surface area contributed by atoms with Gasteiger partial charge in [-0.3, -0.25) is 0 Å². The van der Waals surface area contributed by atoms with Crippen LogP contribution in [0.15, 0.2) is 18.2 Å². The van der Waals surface area contributed by atoms with E-state index in [0.717, 1.165) is 17.7 Å². The molecule has 5 heteroatoms. The summed E-state index contributed by atoms with van der Waals surface area (Å²) in [6.45, 7) is 6.04. The molecule has 17 heavy (non-hydrogen) atoms. The largest absolute Gasteiger partial charge is 0.195 e. The third kappa shape index (κ3) is 2.17. The van der Waals surface area contributed by atoms with E-state index in [1.165, 1.54) is 5.56 Å². The maximum absolute atomic E-state index is 6.08. The molecule has 0 aliphatic carbocycles. The molecule has 0 radical (unpaired) electrons. The molecule has 1 aromatic heterocycles. The van der Waals surface area contributed by atoms with Crippen molar-refractivity contribution in [3.8, 4) is 5.69 Å². The summed E-state index contributed by atoms with van der Waals surface area (Å²) in [5.74, 6) is 0.677. The number of benzene rings is 1. The number of hydrogen-bond acceptors (Lipinski definition) is 3. The van der Waals surface area contributed by atoms with Gasteiger partial charge in [-0.25, -0.2) is 0 Å². The molecule has 0 bridgehead atoms. The first-order chi connectivity index (χ1) is 8.15. The van der Waals surface area contributed by atoms with Crippen molar-refractivity contribution in [2.45, 2.75) is 32.6 Å². The Morgan fingerprint density at radius 1 is 1.41 bits per heavy atom. The zero-order valence-corrected chi connectivity index (χ0v) is 10.9. The van der Waals surface area contributed by atoms with Gasteiger partial charge in [0.15, 0.2) is 5.82 Å². The minimum absolute atomic E-state index is 0.214. The van der Waals surface area contributed by atoms with Crippen molar-refractivity contribution in [1.29, 1.82) is 0 Å². The fourth-order valence-corrected chi connectivity index (χ4v) is 2.05. The average molecular weight is 251 g/mol. The predicted molar refractivity (Wildman–Crippen MR) is 67.5 cm³/mol. The third-order valence-electron chi connectivity index (χ3n) is 2.76. The highest BCUT2D eigenvalue weighted by atomic mass is 35.5. The van der Waals surface area contributed by atoms with E-state index in [2.05, 4.69) is 41.5 Å². The zero-order chi connectivity index (χ0) is 12.4. The van der Waals surface area contributed by atoms with E-state index in [0.29, 0.717) is 5.82 Å². The van der Waals surface area contributed by atoms with Gasteiger partial charge in [0, 0.05) is 0 Å². The van der Waals surface area contributed by atoms with Crippen LogP contribution in [0.4, 0.5) is 0 Å². The standard InChI is InChI=1S/C12H15ClN4/c1-4-10-7-5-6-8(2)11(10)17-12(9(3)13)14-15-16-17/h5-7,9H,4H2,1-3H3. The highest BCUT2D eigenvalue weighted by molar-refractivity contribution is 6.20. The molecule has 0 saturated heterocycles. The molecular weight excluding hydrogens is 236 g/mol. The van der Waals surface area contributed by atoms with Gasteiger partial charge in [-0.05, 0) is 41.8 Å². The van der Waals surface area contributed by atoms with Gasteiger partial charge in [-0.2, -0.15) is 4.68 Å². The van der Waals surface area contributed by atoms with Gasteiger partial charge < -0.3 is 0 Å². The number of halogens is 1. The summed E-state index contributed by atoms with van der Waals surface area (Å²) in [7, 11) is 0. The molecular formula is C12H15ClN4. The van der Waals surface area contributed by atoms with Gasteiger partial charge in [0.05, 0.1) is 11.1 Å². The Morgan fingerprint density at radius 3 is 2.82 bits per heavy atom. The molecule has 0 aliphatic rings. The van der Waals surface area contributed by atoms with Gasteiger partial charge >= 0.3 is 0 Å². The Balaban J connectivity index is 2.63. The first kappa shape index (κ1) is 12.0. The second-order valence-electron chi connectivity index (χ2n) is 4.00. The van der Waals surface area contributed by atoms with Crippen LogP contribution in [0.2, 0.25) is 0 Å². The lowest BCUT2D eigenvalue weighted by molar-refractivity contribution is 0.748. The van der Waals surface area contributed by atoms with Crippen molar-refractivity contribution >= 4 is 11.6 Å². The van der Waals surface area contributed by atoms with Crippen molar-refractivity contribution in [3.63, 3.8) is 0 Å². The molecule has 0 N–H and O–H groups in total. The summed E-state index contributed by atoms with van der Waals surface area (Å²) < 4.78 is 1.74. The van der Waals surface area contributed by atoms with Crippen LogP contribution >= 0.6 is 11.6 Å². The minimum atomic E-state index is -0.214. The van der Waals surface area contributed by atoms with E-state index in [1.54, 1.807) is 4.68 Å². The van der Waals surface area contributed by atoms with E-state index in [4.69, 9.17) is 11.6 Å². The number of nitrogens with zero attached hydrogens (tertiary/aromatic N) is 4. The summed E-state index contributed by atoms with van der Waals surface area (Å²) in [6, 6.07) is 6.19. The maximum Gasteiger partial charge on any atom is 0.174 e. The second-order valence-corrected chi connectivity index (χ2v) is 4.66. The Bertz CT molecular complexity index is 519. The van der Waals surface area contributed by atoms with E-state index >= 15 is 0 Å². The first-order valence-electron chi connectivity index (χ1n) is 5.66. The molecule has 0 amide bonds. The minimum Gasteiger partial charge on any atom is -0.195 e. The lowest BCUT2D eigenvalue weighted by Gasteiger charge is -2.12. The van der Waals surface area contributed by atoms with E-state index < -0.39 is 0 Å². The van der Waals surface area contributed by atoms with Crippen molar-refractivity contribution in [2.75, 3.05) is 0 Å². The molecule has 1 atom stereocenters. The highest BCUT2D eigenvalue weighted by Gasteiger charge is 2.16. The molecule has 0 spiro atoms. The molecule has 2 aromatic rings. The topological polar surface area (TPSA) is 43.6 Å². The summed E-state index contributed by atoms with van der Waals surface area (Å²) in [5, 5.41) is 11.5. The smallest absolute Gasteiger partial charge is 0.174 e. The van der Waals surface area contributed by atoms with Crippen LogP contribution in [0.5, 0.6) is 0 Å². The van der Waals surface area contributed by atoms with E-state index in [-0.39, 0.29) is 5.38 Å². The fourth-order valence-electron chi connectivity index (χ4n) is 1.91. The van der Waals surface area contributed by atoms with Crippen LogP contribution in [-0.4, -0.2) is 20.2 Å². The summed E-state index contributed by atoms with van der Waals surface area (Å²) >= 11 is 6.08. The first-order valence-corrected chi connectivity index (χ1v) is 6.10. The molecule has 0 fully saturated rings. The molecule has 2 rings (SSSR count). The van der Waals surface area contributed by atoms with Gasteiger partial charge in [0.1, 0.15) is 0 Å². The number of hydrogen-bond donors (Lipinski definition) is 0. The van der Waals surface area contributed by atoms with Crippen LogP contribution in [0.25, 0.3) is 5.69 Å². The number of alkyl halides is 1. The van der Waals surface area contributed by atoms with Gasteiger partial charge in [0.2, 0.25) is 0 Å². The van der Waals surface area contributed by atoms with E-state index in [9.17, 15) is 0 Å². The van der Waals surface area contributed by atoms with Gasteiger partial charge in [-0.1, -0.05) is 25.1 Å². The molecule has 1 heterocycles. The third-order valence-corrected chi connectivity index (χ3v) is 2.96. The second kappa shape index (κ2) is 4.84. The lowest BCUT2D eigenvalue weighted by Crippen LogP contribution is -2.08. The molecule has 1 unspecified atom stereocenters. The van der Waals surface area contributed by atoms with Crippen molar-refractivity contribution in [3.05, 3.63) is 35.2 Å². The fraction of sp³-hybridized carbons (Fsp3) is 0.417.